The first kappa shape index (κ1) is 12.3. The number of hydrogen-bond donors (Lipinski definition) is 4. The van der Waals surface area contributed by atoms with Gasteiger partial charge < -0.3 is 20.4 Å². The van der Waals surface area contributed by atoms with E-state index in [4.69, 9.17) is 20.4 Å². The molecule has 1 aromatic rings. The van der Waals surface area contributed by atoms with Crippen molar-refractivity contribution in [2.75, 3.05) is 0 Å². The Morgan fingerprint density at radius 3 is 1.36 bits per heavy atom. The molecule has 1 aromatic carbocycles. The maximum Gasteiger partial charge on any atom is 0.275 e. The lowest BCUT2D eigenvalue weighted by Crippen LogP contribution is -2.28. The van der Waals surface area contributed by atoms with Gasteiger partial charge in [-0.25, -0.2) is 0 Å². The number of carbonyl (C=O) groups is 1. The Bertz CT molecular complexity index is 366. The molecule has 0 aromatic heterocycles. The highest BCUT2D eigenvalue weighted by atomic mass is 16.5. The highest BCUT2D eigenvalue weighted by molar-refractivity contribution is 5.78. The van der Waals surface area contributed by atoms with Gasteiger partial charge in [-0.15, -0.1) is 0 Å². The predicted molar refractivity (Wildman–Crippen MR) is 43.6 cm³/mol. The second kappa shape index (κ2) is 4.49. The predicted octanol–water partition coefficient (Wildman–Crippen LogP) is -2.42. The van der Waals surface area contributed by atoms with E-state index in [0.29, 0.717) is 0 Å². The van der Waals surface area contributed by atoms with Gasteiger partial charge in [0, 0.05) is 0 Å². The highest BCUT2D eigenvalue weighted by Crippen LogP contribution is 2.13. The normalized spacial score (nSPS) is 9.71. The lowest BCUT2D eigenvalue weighted by molar-refractivity contribution is -0.142. The molecule has 0 saturated carbocycles. The molecule has 0 spiro atoms. The summed E-state index contributed by atoms with van der Waals surface area (Å²) in [5.74, 6) is -2.28. The summed E-state index contributed by atoms with van der Waals surface area (Å²) in [7, 11) is 0. The van der Waals surface area contributed by atoms with Gasteiger partial charge in [-0.3, -0.25) is 14.4 Å². The SMILES string of the molecule is CC(=O)C(O)O.O=c1c(O)c(O)c1=O. The highest BCUT2D eigenvalue weighted by Gasteiger charge is 2.17. The number of rotatable bonds is 1. The number of aliphatic hydroxyl groups excluding tert-OH is 1. The maximum absolute atomic E-state index is 9.95. The Morgan fingerprint density at radius 2 is 1.29 bits per heavy atom. The van der Waals surface area contributed by atoms with Gasteiger partial charge in [0.15, 0.2) is 5.78 Å². The molecule has 1 rings (SSSR count). The van der Waals surface area contributed by atoms with E-state index in [-0.39, 0.29) is 0 Å². The van der Waals surface area contributed by atoms with Crippen molar-refractivity contribution in [3.63, 3.8) is 0 Å². The van der Waals surface area contributed by atoms with Crippen LogP contribution in [0, 0.1) is 0 Å². The second-order valence-electron chi connectivity index (χ2n) is 2.34. The van der Waals surface area contributed by atoms with E-state index in [9.17, 15) is 14.4 Å². The van der Waals surface area contributed by atoms with Crippen molar-refractivity contribution in [1.29, 1.82) is 0 Å². The molecule has 0 bridgehead atoms. The van der Waals surface area contributed by atoms with E-state index in [1.54, 1.807) is 0 Å². The topological polar surface area (TPSA) is 132 Å². The molecular weight excluding hydrogens is 196 g/mol. The molecule has 0 heterocycles. The third-order valence-corrected chi connectivity index (χ3v) is 1.22. The standard InChI is InChI=1S/C4H2O4.C3H6O3/c5-1-2(6)4(8)3(1)7;1-2(4)3(5)6/h5-6H;3,5-6H,1H3. The van der Waals surface area contributed by atoms with E-state index in [2.05, 4.69) is 0 Å². The van der Waals surface area contributed by atoms with E-state index < -0.39 is 34.4 Å². The number of ketones is 1. The molecule has 0 unspecified atom stereocenters. The molecule has 0 aliphatic carbocycles. The van der Waals surface area contributed by atoms with E-state index >= 15 is 0 Å². The quantitative estimate of drug-likeness (QED) is 0.295. The average molecular weight is 204 g/mol. The van der Waals surface area contributed by atoms with Crippen LogP contribution >= 0.6 is 0 Å². The van der Waals surface area contributed by atoms with Crippen molar-refractivity contribution in [3.8, 4) is 11.5 Å². The molecule has 7 heteroatoms. The first-order chi connectivity index (χ1) is 6.29. The van der Waals surface area contributed by atoms with Crippen LogP contribution in [0.25, 0.3) is 0 Å². The summed E-state index contributed by atoms with van der Waals surface area (Å²) >= 11 is 0. The zero-order chi connectivity index (χ0) is 11.5. The summed E-state index contributed by atoms with van der Waals surface area (Å²) in [6.07, 6.45) is -1.79. The Labute approximate surface area is 77.2 Å². The summed E-state index contributed by atoms with van der Waals surface area (Å²) in [5, 5.41) is 32.1. The third kappa shape index (κ3) is 2.64. The minimum Gasteiger partial charge on any atom is -0.501 e. The zero-order valence-corrected chi connectivity index (χ0v) is 7.09. The van der Waals surface area contributed by atoms with E-state index in [1.807, 2.05) is 0 Å². The van der Waals surface area contributed by atoms with Crippen LogP contribution < -0.4 is 10.9 Å². The summed E-state index contributed by atoms with van der Waals surface area (Å²) < 4.78 is 0. The minimum atomic E-state index is -1.79. The van der Waals surface area contributed by atoms with Crippen molar-refractivity contribution < 1.29 is 25.2 Å². The first-order valence-corrected chi connectivity index (χ1v) is 3.36. The molecule has 0 atom stereocenters. The molecule has 78 valence electrons. The molecule has 0 aliphatic heterocycles. The van der Waals surface area contributed by atoms with Crippen LogP contribution in [-0.4, -0.2) is 32.5 Å². The average Bonchev–Trinajstić information content (AvgIpc) is 2.15. The molecule has 4 N–H and O–H groups in total. The molecule has 0 amide bonds. The summed E-state index contributed by atoms with van der Waals surface area (Å²) in [6.45, 7) is 1.10. The molecule has 0 fully saturated rings. The van der Waals surface area contributed by atoms with Crippen LogP contribution in [0.5, 0.6) is 11.5 Å². The lowest BCUT2D eigenvalue weighted by Gasteiger charge is -1.92. The van der Waals surface area contributed by atoms with Crippen LogP contribution in [0.3, 0.4) is 0 Å². The molecule has 0 saturated heterocycles. The largest absolute Gasteiger partial charge is 0.501 e. The van der Waals surface area contributed by atoms with Gasteiger partial charge in [-0.05, 0) is 6.92 Å². The Balaban J connectivity index is 0.000000255. The van der Waals surface area contributed by atoms with Gasteiger partial charge in [-0.2, -0.15) is 0 Å². The minimum absolute atomic E-state index is 0.630. The number of aliphatic hydroxyl groups is 2. The van der Waals surface area contributed by atoms with Crippen LogP contribution in [0.15, 0.2) is 9.59 Å². The van der Waals surface area contributed by atoms with Crippen molar-refractivity contribution in [2.24, 2.45) is 0 Å². The Hall–Kier alpha value is -1.73. The third-order valence-electron chi connectivity index (χ3n) is 1.22. The zero-order valence-electron chi connectivity index (χ0n) is 7.09. The number of carbonyl (C=O) groups excluding carboxylic acids is 1. The Morgan fingerprint density at radius 1 is 1.07 bits per heavy atom. The van der Waals surface area contributed by atoms with Gasteiger partial charge >= 0.3 is 0 Å². The van der Waals surface area contributed by atoms with Gasteiger partial charge in [0.05, 0.1) is 0 Å². The lowest BCUT2D eigenvalue weighted by atomic mass is 10.2. The molecule has 14 heavy (non-hydrogen) atoms. The fourth-order valence-electron chi connectivity index (χ4n) is 0.368. The number of hydrogen-bond acceptors (Lipinski definition) is 7. The van der Waals surface area contributed by atoms with Crippen molar-refractivity contribution in [1.82, 2.24) is 0 Å². The van der Waals surface area contributed by atoms with Gasteiger partial charge in [-0.1, -0.05) is 0 Å². The van der Waals surface area contributed by atoms with Gasteiger partial charge in [0.25, 0.3) is 10.9 Å². The summed E-state index contributed by atoms with van der Waals surface area (Å²) in [4.78, 5) is 29.6. The van der Waals surface area contributed by atoms with Crippen LogP contribution in [0.1, 0.15) is 6.92 Å². The van der Waals surface area contributed by atoms with Crippen molar-refractivity contribution in [3.05, 3.63) is 20.4 Å². The second-order valence-corrected chi connectivity index (χ2v) is 2.34. The number of aromatic hydroxyl groups is 2. The molecule has 0 aliphatic rings. The van der Waals surface area contributed by atoms with Crippen LogP contribution in [-0.2, 0) is 4.79 Å². The summed E-state index contributed by atoms with van der Waals surface area (Å²) in [6, 6.07) is 0. The summed E-state index contributed by atoms with van der Waals surface area (Å²) in [5.41, 5.74) is -2.02. The van der Waals surface area contributed by atoms with Gasteiger partial charge in [0.1, 0.15) is 0 Å². The molecule has 0 radical (unpaired) electrons. The van der Waals surface area contributed by atoms with Crippen molar-refractivity contribution in [2.45, 2.75) is 13.2 Å². The van der Waals surface area contributed by atoms with E-state index in [1.165, 1.54) is 0 Å². The van der Waals surface area contributed by atoms with Crippen LogP contribution in [0.4, 0.5) is 0 Å². The smallest absolute Gasteiger partial charge is 0.275 e. The van der Waals surface area contributed by atoms with Gasteiger partial charge in [0.2, 0.25) is 17.8 Å². The van der Waals surface area contributed by atoms with Crippen LogP contribution in [0.2, 0.25) is 0 Å². The fraction of sp³-hybridized carbons (Fsp3) is 0.286. The van der Waals surface area contributed by atoms with E-state index in [0.717, 1.165) is 6.92 Å². The van der Waals surface area contributed by atoms with Crippen molar-refractivity contribution >= 4 is 5.78 Å². The molecule has 7 nitrogen and oxygen atoms in total. The molecular formula is C7H8O7. The fourth-order valence-corrected chi connectivity index (χ4v) is 0.368. The Kier molecular flexibility index (Phi) is 3.94. The maximum atomic E-state index is 9.95. The first-order valence-electron chi connectivity index (χ1n) is 3.36. The number of Topliss-reactive ketones (excluding diaryl/α,β-unsaturated/α-hetero) is 1. The monoisotopic (exact) mass is 204 g/mol.